The highest BCUT2D eigenvalue weighted by molar-refractivity contribution is 7.92. The molecule has 0 aliphatic heterocycles. The zero-order valence-electron chi connectivity index (χ0n) is 17.3. The van der Waals surface area contributed by atoms with Crippen LogP contribution in [-0.4, -0.2) is 27.4 Å². The van der Waals surface area contributed by atoms with E-state index >= 15 is 0 Å². The SMILES string of the molecule is CCCCC(CC)CNC(=O)CN(c1ccc(F)c(Cl)c1)S(=O)(=O)c1ccccc1. The number of nitrogens with zero attached hydrogens (tertiary/aromatic N) is 1. The van der Waals surface area contributed by atoms with E-state index in [1.165, 1.54) is 24.3 Å². The summed E-state index contributed by atoms with van der Waals surface area (Å²) >= 11 is 5.86. The molecule has 5 nitrogen and oxygen atoms in total. The molecular formula is C22H28ClFN2O3S. The van der Waals surface area contributed by atoms with E-state index in [0.29, 0.717) is 12.5 Å². The quantitative estimate of drug-likeness (QED) is 0.519. The molecule has 1 amide bonds. The average molecular weight is 455 g/mol. The predicted octanol–water partition coefficient (Wildman–Crippen LogP) is 5.01. The number of rotatable bonds is 11. The van der Waals surface area contributed by atoms with E-state index < -0.39 is 28.3 Å². The zero-order chi connectivity index (χ0) is 22.1. The van der Waals surface area contributed by atoms with Crippen LogP contribution in [0.2, 0.25) is 5.02 Å². The maximum Gasteiger partial charge on any atom is 0.264 e. The lowest BCUT2D eigenvalue weighted by Gasteiger charge is -2.25. The molecule has 0 aliphatic rings. The molecule has 164 valence electrons. The normalized spacial score (nSPS) is 12.4. The minimum absolute atomic E-state index is 0.0348. The Morgan fingerprint density at radius 3 is 2.47 bits per heavy atom. The number of halogens is 2. The van der Waals surface area contributed by atoms with Crippen LogP contribution in [0.15, 0.2) is 53.4 Å². The molecule has 1 N–H and O–H groups in total. The van der Waals surface area contributed by atoms with Crippen molar-refractivity contribution in [2.45, 2.75) is 44.4 Å². The highest BCUT2D eigenvalue weighted by Crippen LogP contribution is 2.27. The highest BCUT2D eigenvalue weighted by Gasteiger charge is 2.27. The average Bonchev–Trinajstić information content (AvgIpc) is 2.74. The van der Waals surface area contributed by atoms with Crippen LogP contribution < -0.4 is 9.62 Å². The predicted molar refractivity (Wildman–Crippen MR) is 119 cm³/mol. The van der Waals surface area contributed by atoms with Gasteiger partial charge in [0.25, 0.3) is 10.0 Å². The number of anilines is 1. The molecule has 0 heterocycles. The molecule has 0 saturated heterocycles. The van der Waals surface area contributed by atoms with Gasteiger partial charge in [-0.05, 0) is 42.7 Å². The largest absolute Gasteiger partial charge is 0.354 e. The van der Waals surface area contributed by atoms with Crippen LogP contribution >= 0.6 is 11.6 Å². The van der Waals surface area contributed by atoms with Gasteiger partial charge in [-0.3, -0.25) is 9.10 Å². The first kappa shape index (κ1) is 24.2. The van der Waals surface area contributed by atoms with E-state index in [-0.39, 0.29) is 15.6 Å². The maximum absolute atomic E-state index is 13.6. The van der Waals surface area contributed by atoms with Gasteiger partial charge in [0, 0.05) is 6.54 Å². The summed E-state index contributed by atoms with van der Waals surface area (Å²) in [6.45, 7) is 4.24. The van der Waals surface area contributed by atoms with Crippen molar-refractivity contribution in [2.75, 3.05) is 17.4 Å². The topological polar surface area (TPSA) is 66.5 Å². The molecule has 30 heavy (non-hydrogen) atoms. The van der Waals surface area contributed by atoms with Gasteiger partial charge in [0.15, 0.2) is 0 Å². The van der Waals surface area contributed by atoms with Crippen molar-refractivity contribution in [1.29, 1.82) is 0 Å². The summed E-state index contributed by atoms with van der Waals surface area (Å²) in [6.07, 6.45) is 4.10. The van der Waals surface area contributed by atoms with Crippen molar-refractivity contribution in [3.8, 4) is 0 Å². The van der Waals surface area contributed by atoms with Crippen molar-refractivity contribution in [2.24, 2.45) is 5.92 Å². The number of amides is 1. The van der Waals surface area contributed by atoms with Gasteiger partial charge >= 0.3 is 0 Å². The van der Waals surface area contributed by atoms with E-state index in [9.17, 15) is 17.6 Å². The number of hydrogen-bond donors (Lipinski definition) is 1. The van der Waals surface area contributed by atoms with E-state index in [4.69, 9.17) is 11.6 Å². The lowest BCUT2D eigenvalue weighted by molar-refractivity contribution is -0.119. The van der Waals surface area contributed by atoms with Crippen LogP contribution in [-0.2, 0) is 14.8 Å². The van der Waals surface area contributed by atoms with Gasteiger partial charge in [-0.15, -0.1) is 0 Å². The fraction of sp³-hybridized carbons (Fsp3) is 0.409. The minimum Gasteiger partial charge on any atom is -0.354 e. The third kappa shape index (κ3) is 6.44. The number of benzene rings is 2. The fourth-order valence-corrected chi connectivity index (χ4v) is 4.67. The van der Waals surface area contributed by atoms with Crippen LogP contribution in [0.1, 0.15) is 39.5 Å². The third-order valence-electron chi connectivity index (χ3n) is 4.94. The molecule has 1 atom stereocenters. The van der Waals surface area contributed by atoms with Crippen LogP contribution in [0.5, 0.6) is 0 Å². The molecule has 2 aromatic carbocycles. The first-order valence-electron chi connectivity index (χ1n) is 10.1. The molecule has 0 bridgehead atoms. The second kappa shape index (κ2) is 11.3. The van der Waals surface area contributed by atoms with Crippen LogP contribution in [0, 0.1) is 11.7 Å². The van der Waals surface area contributed by atoms with Crippen molar-refractivity contribution in [3.63, 3.8) is 0 Å². The van der Waals surface area contributed by atoms with E-state index in [0.717, 1.165) is 36.1 Å². The van der Waals surface area contributed by atoms with Gasteiger partial charge in [-0.2, -0.15) is 0 Å². The number of sulfonamides is 1. The lowest BCUT2D eigenvalue weighted by Crippen LogP contribution is -2.42. The summed E-state index contributed by atoms with van der Waals surface area (Å²) in [6, 6.07) is 11.4. The molecule has 0 saturated carbocycles. The summed E-state index contributed by atoms with van der Waals surface area (Å²) in [5, 5.41) is 2.62. The Morgan fingerprint density at radius 2 is 1.87 bits per heavy atom. The molecule has 0 radical (unpaired) electrons. The number of carbonyl (C=O) groups excluding carboxylic acids is 1. The summed E-state index contributed by atoms with van der Waals surface area (Å²) < 4.78 is 41.0. The molecule has 2 aromatic rings. The van der Waals surface area contributed by atoms with Gasteiger partial charge < -0.3 is 5.32 Å². The second-order valence-corrected chi connectivity index (χ2v) is 9.41. The van der Waals surface area contributed by atoms with E-state index in [1.54, 1.807) is 18.2 Å². The number of unbranched alkanes of at least 4 members (excludes halogenated alkanes) is 1. The van der Waals surface area contributed by atoms with Crippen molar-refractivity contribution < 1.29 is 17.6 Å². The Hall–Kier alpha value is -2.12. The molecule has 1 unspecified atom stereocenters. The summed E-state index contributed by atoms with van der Waals surface area (Å²) in [4.78, 5) is 12.7. The smallest absolute Gasteiger partial charge is 0.264 e. The van der Waals surface area contributed by atoms with Gasteiger partial charge in [0.2, 0.25) is 5.91 Å². The first-order chi connectivity index (χ1) is 14.3. The minimum atomic E-state index is -4.05. The summed E-state index contributed by atoms with van der Waals surface area (Å²) in [5.41, 5.74) is 0.124. The maximum atomic E-state index is 13.6. The Labute approximate surface area is 183 Å². The van der Waals surface area contributed by atoms with Gasteiger partial charge in [-0.1, -0.05) is 62.9 Å². The Kier molecular flexibility index (Phi) is 9.11. The molecule has 8 heteroatoms. The zero-order valence-corrected chi connectivity index (χ0v) is 18.8. The lowest BCUT2D eigenvalue weighted by atomic mass is 9.99. The van der Waals surface area contributed by atoms with Gasteiger partial charge in [0.05, 0.1) is 15.6 Å². The van der Waals surface area contributed by atoms with Crippen LogP contribution in [0.4, 0.5) is 10.1 Å². The number of nitrogens with one attached hydrogen (secondary N) is 1. The summed E-state index contributed by atoms with van der Waals surface area (Å²) in [7, 11) is -4.05. The van der Waals surface area contributed by atoms with Crippen molar-refractivity contribution >= 4 is 33.2 Å². The van der Waals surface area contributed by atoms with E-state index in [2.05, 4.69) is 19.2 Å². The van der Waals surface area contributed by atoms with Crippen molar-refractivity contribution in [1.82, 2.24) is 5.32 Å². The molecular weight excluding hydrogens is 427 g/mol. The fourth-order valence-electron chi connectivity index (χ4n) is 3.06. The third-order valence-corrected chi connectivity index (χ3v) is 7.02. The van der Waals surface area contributed by atoms with Crippen LogP contribution in [0.25, 0.3) is 0 Å². The van der Waals surface area contributed by atoms with Crippen LogP contribution in [0.3, 0.4) is 0 Å². The Balaban J connectivity index is 2.26. The number of carbonyl (C=O) groups is 1. The van der Waals surface area contributed by atoms with Crippen molar-refractivity contribution in [3.05, 3.63) is 59.4 Å². The number of hydrogen-bond acceptors (Lipinski definition) is 3. The highest BCUT2D eigenvalue weighted by atomic mass is 35.5. The molecule has 2 rings (SSSR count). The molecule has 0 aliphatic carbocycles. The van der Waals surface area contributed by atoms with E-state index in [1.807, 2.05) is 0 Å². The summed E-state index contributed by atoms with van der Waals surface area (Å²) in [5.74, 6) is -0.748. The second-order valence-electron chi connectivity index (χ2n) is 7.14. The molecule has 0 fully saturated rings. The van der Waals surface area contributed by atoms with Gasteiger partial charge in [0.1, 0.15) is 12.4 Å². The Bertz CT molecular complexity index is 939. The first-order valence-corrected chi connectivity index (χ1v) is 11.9. The Morgan fingerprint density at radius 1 is 1.17 bits per heavy atom. The van der Waals surface area contributed by atoms with Gasteiger partial charge in [-0.25, -0.2) is 12.8 Å². The molecule has 0 aromatic heterocycles. The monoisotopic (exact) mass is 454 g/mol. The standard InChI is InChI=1S/C22H28ClFN2O3S/c1-3-5-9-17(4-2)15-25-22(27)16-26(18-12-13-21(24)20(23)14-18)30(28,29)19-10-7-6-8-11-19/h6-8,10-14,17H,3-5,9,15-16H2,1-2H3,(H,25,27). The molecule has 0 spiro atoms.